The Hall–Kier alpha value is -2.61. The van der Waals surface area contributed by atoms with Crippen molar-refractivity contribution in [3.63, 3.8) is 0 Å². The molecule has 0 atom stereocenters. The van der Waals surface area contributed by atoms with Gasteiger partial charge in [0.05, 0.1) is 0 Å². The van der Waals surface area contributed by atoms with Gasteiger partial charge in [-0.15, -0.1) is 0 Å². The van der Waals surface area contributed by atoms with E-state index in [1.807, 2.05) is 24.3 Å². The summed E-state index contributed by atoms with van der Waals surface area (Å²) in [7, 11) is 0. The average Bonchev–Trinajstić information content (AvgIpc) is 2.60. The van der Waals surface area contributed by atoms with E-state index in [1.165, 1.54) is 21.9 Å². The zero-order valence-electron chi connectivity index (χ0n) is 15.0. The highest BCUT2D eigenvalue weighted by molar-refractivity contribution is 5.86. The second-order valence-corrected chi connectivity index (χ2v) is 7.23. The summed E-state index contributed by atoms with van der Waals surface area (Å²) < 4.78 is 0. The smallest absolute Gasteiger partial charge is 0.220 e. The Morgan fingerprint density at radius 2 is 1.56 bits per heavy atom. The molecule has 0 aliphatic heterocycles. The third-order valence-corrected chi connectivity index (χ3v) is 4.47. The van der Waals surface area contributed by atoms with E-state index < -0.39 is 0 Å². The fourth-order valence-electron chi connectivity index (χ4n) is 3.35. The lowest BCUT2D eigenvalue weighted by Gasteiger charge is -2.26. The van der Waals surface area contributed by atoms with Crippen molar-refractivity contribution in [2.45, 2.75) is 38.6 Å². The number of hydrogen-bond acceptors (Lipinski definition) is 1. The molecule has 25 heavy (non-hydrogen) atoms. The Balaban J connectivity index is 1.60. The number of aryl methyl sites for hydroxylation is 1. The lowest BCUT2D eigenvalue weighted by atomic mass is 9.94. The number of fused-ring (bicyclic) bond motifs is 1. The van der Waals surface area contributed by atoms with Gasteiger partial charge in [0.15, 0.2) is 0 Å². The molecule has 3 rings (SSSR count). The summed E-state index contributed by atoms with van der Waals surface area (Å²) in [6.07, 6.45) is 2.09. The second-order valence-electron chi connectivity index (χ2n) is 7.23. The van der Waals surface area contributed by atoms with Crippen LogP contribution in [0.4, 0.5) is 0 Å². The van der Waals surface area contributed by atoms with Crippen LogP contribution in [0.2, 0.25) is 0 Å². The summed E-state index contributed by atoms with van der Waals surface area (Å²) in [5.74, 6) is 0.105. The molecule has 1 N–H and O–H groups in total. The van der Waals surface area contributed by atoms with Gasteiger partial charge < -0.3 is 5.32 Å². The van der Waals surface area contributed by atoms with Crippen molar-refractivity contribution in [3.8, 4) is 0 Å². The first kappa shape index (κ1) is 17.2. The Morgan fingerprint density at radius 3 is 2.36 bits per heavy atom. The van der Waals surface area contributed by atoms with Crippen molar-refractivity contribution in [1.29, 1.82) is 0 Å². The van der Waals surface area contributed by atoms with E-state index in [2.05, 4.69) is 67.7 Å². The molecule has 3 aromatic rings. The van der Waals surface area contributed by atoms with Crippen LogP contribution in [0.1, 0.15) is 31.4 Å². The molecule has 0 aliphatic rings. The SMILES string of the molecule is CC(C)(Cc1ccccc1)NC(=O)CCc1cccc2ccccc12. The van der Waals surface area contributed by atoms with Crippen LogP contribution in [0.5, 0.6) is 0 Å². The number of amides is 1. The van der Waals surface area contributed by atoms with Gasteiger partial charge in [-0.05, 0) is 48.6 Å². The summed E-state index contributed by atoms with van der Waals surface area (Å²) in [6.45, 7) is 4.16. The lowest BCUT2D eigenvalue weighted by molar-refractivity contribution is -0.122. The fourth-order valence-corrected chi connectivity index (χ4v) is 3.35. The topological polar surface area (TPSA) is 29.1 Å². The average molecular weight is 331 g/mol. The standard InChI is InChI=1S/C23H25NO/c1-23(2,17-18-9-4-3-5-10-18)24-22(25)16-15-20-13-8-12-19-11-6-7-14-21(19)20/h3-14H,15-17H2,1-2H3,(H,24,25). The summed E-state index contributed by atoms with van der Waals surface area (Å²) in [6, 6.07) is 24.9. The zero-order valence-corrected chi connectivity index (χ0v) is 15.0. The molecule has 0 heterocycles. The highest BCUT2D eigenvalue weighted by Crippen LogP contribution is 2.20. The van der Waals surface area contributed by atoms with Gasteiger partial charge in [0.25, 0.3) is 0 Å². The fraction of sp³-hybridized carbons (Fsp3) is 0.261. The van der Waals surface area contributed by atoms with E-state index in [1.54, 1.807) is 0 Å². The summed E-state index contributed by atoms with van der Waals surface area (Å²) in [4.78, 5) is 12.4. The minimum atomic E-state index is -0.253. The van der Waals surface area contributed by atoms with Crippen LogP contribution in [-0.2, 0) is 17.6 Å². The van der Waals surface area contributed by atoms with Crippen molar-refractivity contribution >= 4 is 16.7 Å². The van der Waals surface area contributed by atoms with Crippen LogP contribution >= 0.6 is 0 Å². The van der Waals surface area contributed by atoms with Crippen LogP contribution < -0.4 is 5.32 Å². The maximum absolute atomic E-state index is 12.4. The van der Waals surface area contributed by atoms with Gasteiger partial charge in [0.2, 0.25) is 5.91 Å². The Morgan fingerprint density at radius 1 is 0.880 bits per heavy atom. The van der Waals surface area contributed by atoms with Crippen LogP contribution in [0.25, 0.3) is 10.8 Å². The Kier molecular flexibility index (Phi) is 5.18. The number of benzene rings is 3. The molecule has 0 radical (unpaired) electrons. The lowest BCUT2D eigenvalue weighted by Crippen LogP contribution is -2.45. The van der Waals surface area contributed by atoms with E-state index in [0.717, 1.165) is 12.8 Å². The molecule has 0 unspecified atom stereocenters. The Bertz CT molecular complexity index is 847. The number of carbonyl (C=O) groups excluding carboxylic acids is 1. The van der Waals surface area contributed by atoms with Crippen molar-refractivity contribution in [3.05, 3.63) is 83.9 Å². The van der Waals surface area contributed by atoms with Crippen molar-refractivity contribution in [2.75, 3.05) is 0 Å². The minimum Gasteiger partial charge on any atom is -0.351 e. The van der Waals surface area contributed by atoms with E-state index >= 15 is 0 Å². The molecule has 0 aromatic heterocycles. The number of carbonyl (C=O) groups is 1. The quantitative estimate of drug-likeness (QED) is 0.683. The third kappa shape index (κ3) is 4.69. The van der Waals surface area contributed by atoms with E-state index in [-0.39, 0.29) is 11.4 Å². The highest BCUT2D eigenvalue weighted by atomic mass is 16.1. The first-order valence-electron chi connectivity index (χ1n) is 8.85. The van der Waals surface area contributed by atoms with Crippen LogP contribution in [0.3, 0.4) is 0 Å². The molecule has 1 amide bonds. The molecule has 0 aliphatic carbocycles. The van der Waals surface area contributed by atoms with Gasteiger partial charge in [0, 0.05) is 12.0 Å². The van der Waals surface area contributed by atoms with Crippen molar-refractivity contribution in [2.24, 2.45) is 0 Å². The summed E-state index contributed by atoms with van der Waals surface area (Å²) >= 11 is 0. The van der Waals surface area contributed by atoms with Gasteiger partial charge >= 0.3 is 0 Å². The van der Waals surface area contributed by atoms with Crippen LogP contribution in [0, 0.1) is 0 Å². The van der Waals surface area contributed by atoms with E-state index in [0.29, 0.717) is 6.42 Å². The van der Waals surface area contributed by atoms with Crippen molar-refractivity contribution in [1.82, 2.24) is 5.32 Å². The molecule has 0 bridgehead atoms. The van der Waals surface area contributed by atoms with Gasteiger partial charge in [-0.3, -0.25) is 4.79 Å². The summed E-state index contributed by atoms with van der Waals surface area (Å²) in [5.41, 5.74) is 2.22. The number of rotatable bonds is 6. The normalized spacial score (nSPS) is 11.4. The van der Waals surface area contributed by atoms with E-state index in [4.69, 9.17) is 0 Å². The van der Waals surface area contributed by atoms with Crippen LogP contribution in [-0.4, -0.2) is 11.4 Å². The number of nitrogens with one attached hydrogen (secondary N) is 1. The molecule has 128 valence electrons. The molecule has 2 heteroatoms. The maximum atomic E-state index is 12.4. The first-order chi connectivity index (χ1) is 12.0. The minimum absolute atomic E-state index is 0.105. The van der Waals surface area contributed by atoms with E-state index in [9.17, 15) is 4.79 Å². The van der Waals surface area contributed by atoms with Gasteiger partial charge in [0.1, 0.15) is 0 Å². The van der Waals surface area contributed by atoms with Gasteiger partial charge in [-0.2, -0.15) is 0 Å². The second kappa shape index (κ2) is 7.52. The largest absolute Gasteiger partial charge is 0.351 e. The van der Waals surface area contributed by atoms with Gasteiger partial charge in [-0.25, -0.2) is 0 Å². The predicted octanol–water partition coefficient (Wildman–Crippen LogP) is 4.91. The van der Waals surface area contributed by atoms with Crippen molar-refractivity contribution < 1.29 is 4.79 Å². The first-order valence-corrected chi connectivity index (χ1v) is 8.85. The van der Waals surface area contributed by atoms with Crippen LogP contribution in [0.15, 0.2) is 72.8 Å². The number of hydrogen-bond donors (Lipinski definition) is 1. The predicted molar refractivity (Wildman–Crippen MR) is 105 cm³/mol. The zero-order chi connectivity index (χ0) is 17.7. The highest BCUT2D eigenvalue weighted by Gasteiger charge is 2.20. The monoisotopic (exact) mass is 331 g/mol. The summed E-state index contributed by atoms with van der Waals surface area (Å²) in [5, 5.41) is 5.65. The molecule has 2 nitrogen and oxygen atoms in total. The molecular formula is C23H25NO. The molecule has 0 spiro atoms. The molecular weight excluding hydrogens is 306 g/mol. The molecule has 0 fully saturated rings. The Labute approximate surface area is 149 Å². The molecule has 3 aromatic carbocycles. The maximum Gasteiger partial charge on any atom is 0.220 e. The molecule has 0 saturated heterocycles. The van der Waals surface area contributed by atoms with Gasteiger partial charge in [-0.1, -0.05) is 72.8 Å². The molecule has 0 saturated carbocycles. The third-order valence-electron chi connectivity index (χ3n) is 4.47.